The van der Waals surface area contributed by atoms with E-state index in [0.717, 1.165) is 48.5 Å². The van der Waals surface area contributed by atoms with Gasteiger partial charge in [-0.15, -0.1) is 0 Å². The summed E-state index contributed by atoms with van der Waals surface area (Å²) in [6.45, 7) is 6.57. The Bertz CT molecular complexity index is 1090. The average Bonchev–Trinajstić information content (AvgIpc) is 2.87. The molecule has 2 fully saturated rings. The van der Waals surface area contributed by atoms with E-state index >= 15 is 0 Å². The minimum Gasteiger partial charge on any atom is -0.463 e. The molecule has 0 aromatic carbocycles. The second-order valence-corrected chi connectivity index (χ2v) is 10.5. The second-order valence-electron chi connectivity index (χ2n) is 9.64. The van der Waals surface area contributed by atoms with E-state index in [0.29, 0.717) is 0 Å². The van der Waals surface area contributed by atoms with Gasteiger partial charge in [-0.1, -0.05) is 15.9 Å². The summed E-state index contributed by atoms with van der Waals surface area (Å²) in [4.78, 5) is 83.8. The highest BCUT2D eigenvalue weighted by molar-refractivity contribution is 9.09. The Morgan fingerprint density at radius 3 is 1.27 bits per heavy atom. The van der Waals surface area contributed by atoms with Crippen LogP contribution < -0.4 is 0 Å². The van der Waals surface area contributed by atoms with Crippen molar-refractivity contribution in [1.82, 2.24) is 0 Å². The zero-order valence-electron chi connectivity index (χ0n) is 25.0. The van der Waals surface area contributed by atoms with Crippen molar-refractivity contribution in [3.63, 3.8) is 0 Å². The maximum Gasteiger partial charge on any atom is 0.303 e. The van der Waals surface area contributed by atoms with Crippen LogP contribution in [0.15, 0.2) is 0 Å². The normalized spacial score (nSPS) is 31.5. The average molecular weight is 699 g/mol. The fraction of sp³-hybridized carbons (Fsp3) is 0.731. The second kappa shape index (κ2) is 16.6. The van der Waals surface area contributed by atoms with Gasteiger partial charge in [0.2, 0.25) is 0 Å². The minimum atomic E-state index is -1.73. The molecule has 0 spiro atoms. The molecular formula is C26H35BrO17. The lowest BCUT2D eigenvalue weighted by molar-refractivity contribution is -0.341. The Hall–Kier alpha value is -3.35. The van der Waals surface area contributed by atoms with Crippen LogP contribution in [0.5, 0.6) is 0 Å². The van der Waals surface area contributed by atoms with Gasteiger partial charge in [0.15, 0.2) is 41.8 Å². The molecule has 0 aromatic heterocycles. The third kappa shape index (κ3) is 11.0. The van der Waals surface area contributed by atoms with Crippen LogP contribution in [-0.2, 0) is 80.9 Å². The Kier molecular flexibility index (Phi) is 13.9. The Morgan fingerprint density at radius 2 is 0.841 bits per heavy atom. The molecular weight excluding hydrogens is 664 g/mol. The molecule has 0 amide bonds. The molecule has 17 nitrogen and oxygen atoms in total. The molecule has 2 rings (SSSR count). The summed E-state index contributed by atoms with van der Waals surface area (Å²) in [5.41, 5.74) is 0. The highest BCUT2D eigenvalue weighted by Gasteiger charge is 2.57. The van der Waals surface area contributed by atoms with E-state index in [4.69, 9.17) is 47.4 Å². The molecule has 2 aliphatic heterocycles. The summed E-state index contributed by atoms with van der Waals surface area (Å²) >= 11 is 3.23. The van der Waals surface area contributed by atoms with Crippen LogP contribution in [0.1, 0.15) is 48.5 Å². The van der Waals surface area contributed by atoms with Gasteiger partial charge >= 0.3 is 41.8 Å². The molecule has 0 aliphatic carbocycles. The van der Waals surface area contributed by atoms with Crippen molar-refractivity contribution in [3.05, 3.63) is 0 Å². The molecule has 248 valence electrons. The maximum atomic E-state index is 12.2. The molecule has 2 heterocycles. The van der Waals surface area contributed by atoms with Crippen LogP contribution in [0.4, 0.5) is 0 Å². The van der Waals surface area contributed by atoms with Crippen LogP contribution >= 0.6 is 15.9 Å². The number of hydrogen-bond donors (Lipinski definition) is 0. The molecule has 0 saturated carbocycles. The largest absolute Gasteiger partial charge is 0.463 e. The summed E-state index contributed by atoms with van der Waals surface area (Å²) in [5, 5.41) is -1.09. The van der Waals surface area contributed by atoms with Gasteiger partial charge in [0.25, 0.3) is 0 Å². The number of alkyl halides is 1. The van der Waals surface area contributed by atoms with E-state index in [1.54, 1.807) is 0 Å². The topological polar surface area (TPSA) is 212 Å². The van der Waals surface area contributed by atoms with Gasteiger partial charge in [-0.2, -0.15) is 0 Å². The van der Waals surface area contributed by atoms with Crippen LogP contribution in [0.2, 0.25) is 0 Å². The molecule has 2 saturated heterocycles. The van der Waals surface area contributed by atoms with E-state index < -0.39 is 115 Å². The van der Waals surface area contributed by atoms with E-state index in [1.165, 1.54) is 0 Å². The van der Waals surface area contributed by atoms with Crippen molar-refractivity contribution in [3.8, 4) is 0 Å². The van der Waals surface area contributed by atoms with Gasteiger partial charge < -0.3 is 47.4 Å². The van der Waals surface area contributed by atoms with Crippen molar-refractivity contribution in [2.45, 2.75) is 109 Å². The predicted molar refractivity (Wildman–Crippen MR) is 142 cm³/mol. The van der Waals surface area contributed by atoms with Crippen molar-refractivity contribution >= 4 is 57.7 Å². The zero-order chi connectivity index (χ0) is 33.3. The lowest BCUT2D eigenvalue weighted by Gasteiger charge is -2.48. The first-order valence-corrected chi connectivity index (χ1v) is 14.1. The summed E-state index contributed by atoms with van der Waals surface area (Å²) in [5.74, 6) is -5.63. The van der Waals surface area contributed by atoms with Crippen LogP contribution in [0.3, 0.4) is 0 Å². The molecule has 0 N–H and O–H groups in total. The van der Waals surface area contributed by atoms with Crippen molar-refractivity contribution in [2.75, 3.05) is 13.2 Å². The molecule has 18 heteroatoms. The molecule has 44 heavy (non-hydrogen) atoms. The SMILES string of the molecule is CC(=O)OCC1OC(Br)C(OC(C)=O)C(OC(C)=O)[C@@H]1OC1OC(COC(C)=O)[C@@H](OC(C)=O)C(OC(C)=O)C1OC(C)=O. The standard InChI is InChI=1S/C26H35BrO17/c1-10(28)35-8-17-20(21(38-13(4)31)23(25(27)42-17)40-15(6)33)44-26-24(41-16(7)34)22(39-14(5)32)19(37-12(3)30)18(43-26)9-36-11(2)29/h17-26H,8-9H2,1-7H3/t17?,18?,19-,20-,21?,22?,23?,24?,25?,26?/m1/s1. The third-order valence-electron chi connectivity index (χ3n) is 5.87. The number of carbonyl (C=O) groups is 7. The summed E-state index contributed by atoms with van der Waals surface area (Å²) < 4.78 is 55.2. The Balaban J connectivity index is 2.66. The van der Waals surface area contributed by atoms with E-state index in [1.807, 2.05) is 0 Å². The van der Waals surface area contributed by atoms with Gasteiger partial charge in [0.1, 0.15) is 31.5 Å². The quantitative estimate of drug-likeness (QED) is 0.158. The number of hydrogen-bond acceptors (Lipinski definition) is 17. The Morgan fingerprint density at radius 1 is 0.477 bits per heavy atom. The first-order chi connectivity index (χ1) is 20.5. The zero-order valence-corrected chi connectivity index (χ0v) is 26.6. The first-order valence-electron chi connectivity index (χ1n) is 13.2. The molecule has 0 aromatic rings. The summed E-state index contributed by atoms with van der Waals surface area (Å²) in [7, 11) is 0. The maximum absolute atomic E-state index is 12.2. The summed E-state index contributed by atoms with van der Waals surface area (Å²) in [6.07, 6.45) is -13.2. The third-order valence-corrected chi connectivity index (χ3v) is 6.61. The van der Waals surface area contributed by atoms with Gasteiger partial charge in [-0.25, -0.2) is 0 Å². The number of ether oxygens (including phenoxy) is 10. The smallest absolute Gasteiger partial charge is 0.303 e. The lowest BCUT2D eigenvalue weighted by Crippen LogP contribution is -2.66. The minimum absolute atomic E-state index is 0.460. The van der Waals surface area contributed by atoms with Gasteiger partial charge in [-0.3, -0.25) is 33.6 Å². The fourth-order valence-electron chi connectivity index (χ4n) is 4.46. The van der Waals surface area contributed by atoms with Gasteiger partial charge in [-0.05, 0) is 0 Å². The van der Waals surface area contributed by atoms with E-state index in [2.05, 4.69) is 15.9 Å². The molecule has 10 atom stereocenters. The summed E-state index contributed by atoms with van der Waals surface area (Å²) in [6, 6.07) is 0. The number of halogens is 1. The van der Waals surface area contributed by atoms with Gasteiger partial charge in [0, 0.05) is 48.5 Å². The van der Waals surface area contributed by atoms with Crippen LogP contribution in [-0.4, -0.2) is 115 Å². The highest BCUT2D eigenvalue weighted by atomic mass is 79.9. The number of rotatable bonds is 11. The number of carbonyl (C=O) groups excluding carboxylic acids is 7. The number of esters is 7. The monoisotopic (exact) mass is 698 g/mol. The lowest BCUT2D eigenvalue weighted by atomic mass is 9.96. The van der Waals surface area contributed by atoms with E-state index in [9.17, 15) is 33.6 Å². The van der Waals surface area contributed by atoms with Gasteiger partial charge in [0.05, 0.1) is 0 Å². The van der Waals surface area contributed by atoms with Crippen LogP contribution in [0, 0.1) is 0 Å². The molecule has 8 unspecified atom stereocenters. The molecule has 0 radical (unpaired) electrons. The molecule has 0 bridgehead atoms. The predicted octanol–water partition coefficient (Wildman–Crippen LogP) is 0.00100. The van der Waals surface area contributed by atoms with Crippen molar-refractivity contribution < 1.29 is 80.9 Å². The molecule has 2 aliphatic rings. The fourth-order valence-corrected chi connectivity index (χ4v) is 5.15. The van der Waals surface area contributed by atoms with Crippen LogP contribution in [0.25, 0.3) is 0 Å². The first kappa shape index (κ1) is 36.8. The van der Waals surface area contributed by atoms with E-state index in [-0.39, 0.29) is 0 Å². The van der Waals surface area contributed by atoms with Crippen molar-refractivity contribution in [1.29, 1.82) is 0 Å². The van der Waals surface area contributed by atoms with Crippen molar-refractivity contribution in [2.24, 2.45) is 0 Å². The highest BCUT2D eigenvalue weighted by Crippen LogP contribution is 2.36. The Labute approximate surface area is 260 Å².